The second kappa shape index (κ2) is 9.92. The maximum absolute atomic E-state index is 5.85. The lowest BCUT2D eigenvalue weighted by molar-refractivity contribution is 0.00370. The summed E-state index contributed by atoms with van der Waals surface area (Å²) in [5.41, 5.74) is 5.97. The Hall–Kier alpha value is -2.57. The Kier molecular flexibility index (Phi) is 6.60. The van der Waals surface area contributed by atoms with E-state index >= 15 is 0 Å². The number of nitrogens with zero attached hydrogens (tertiary/aromatic N) is 5. The van der Waals surface area contributed by atoms with Crippen molar-refractivity contribution in [3.8, 4) is 11.3 Å². The van der Waals surface area contributed by atoms with E-state index in [0.717, 1.165) is 50.6 Å². The van der Waals surface area contributed by atoms with Gasteiger partial charge in [-0.25, -0.2) is 4.68 Å². The summed E-state index contributed by atoms with van der Waals surface area (Å²) in [5, 5.41) is 8.82. The van der Waals surface area contributed by atoms with Crippen molar-refractivity contribution >= 4 is 0 Å². The van der Waals surface area contributed by atoms with Crippen LogP contribution in [0.2, 0.25) is 0 Å². The van der Waals surface area contributed by atoms with Gasteiger partial charge in [-0.05, 0) is 74.8 Å². The molecule has 168 valence electrons. The number of aromatic nitrogens is 4. The molecule has 2 aromatic heterocycles. The summed E-state index contributed by atoms with van der Waals surface area (Å²) in [6.07, 6.45) is 10.2. The summed E-state index contributed by atoms with van der Waals surface area (Å²) < 4.78 is 7.79. The Morgan fingerprint density at radius 1 is 1.09 bits per heavy atom. The molecule has 4 heterocycles. The highest BCUT2D eigenvalue weighted by Gasteiger charge is 2.22. The van der Waals surface area contributed by atoms with E-state index in [4.69, 9.17) is 4.74 Å². The second-order valence-corrected chi connectivity index (χ2v) is 9.28. The minimum Gasteiger partial charge on any atom is -0.376 e. The third-order valence-electron chi connectivity index (χ3n) is 6.82. The maximum Gasteiger partial charge on any atom is 0.113 e. The normalized spacial score (nSPS) is 22.2. The molecule has 0 N–H and O–H groups in total. The number of pyridine rings is 1. The second-order valence-electron chi connectivity index (χ2n) is 9.28. The number of hydrogen-bond acceptors (Lipinski definition) is 5. The Morgan fingerprint density at radius 3 is 2.88 bits per heavy atom. The van der Waals surface area contributed by atoms with E-state index in [9.17, 15) is 0 Å². The van der Waals surface area contributed by atoms with Gasteiger partial charge in [0.25, 0.3) is 0 Å². The monoisotopic (exact) mass is 431 g/mol. The van der Waals surface area contributed by atoms with Crippen LogP contribution in [0.5, 0.6) is 0 Å². The van der Waals surface area contributed by atoms with Crippen LogP contribution in [0.25, 0.3) is 11.3 Å². The van der Waals surface area contributed by atoms with Crippen molar-refractivity contribution in [3.63, 3.8) is 0 Å². The van der Waals surface area contributed by atoms with Crippen LogP contribution in [0, 0.1) is 6.92 Å². The van der Waals surface area contributed by atoms with Crippen molar-refractivity contribution in [2.75, 3.05) is 19.7 Å². The number of likely N-dealkylation sites (tertiary alicyclic amines) is 1. The Bertz CT molecular complexity index is 1010. The number of aryl methyl sites for hydroxylation is 1. The first-order chi connectivity index (χ1) is 15.7. The molecule has 2 saturated heterocycles. The molecule has 0 spiro atoms. The van der Waals surface area contributed by atoms with E-state index in [-0.39, 0.29) is 6.10 Å². The molecule has 6 nitrogen and oxygen atoms in total. The molecular weight excluding hydrogens is 398 g/mol. The average molecular weight is 432 g/mol. The summed E-state index contributed by atoms with van der Waals surface area (Å²) in [6.45, 7) is 7.02. The summed E-state index contributed by atoms with van der Waals surface area (Å²) >= 11 is 0. The quantitative estimate of drug-likeness (QED) is 0.571. The van der Waals surface area contributed by atoms with E-state index in [1.54, 1.807) is 0 Å². The van der Waals surface area contributed by atoms with Crippen molar-refractivity contribution in [1.29, 1.82) is 0 Å². The van der Waals surface area contributed by atoms with Crippen molar-refractivity contribution in [2.24, 2.45) is 0 Å². The van der Waals surface area contributed by atoms with E-state index in [0.29, 0.717) is 5.92 Å². The van der Waals surface area contributed by atoms with Crippen LogP contribution < -0.4 is 0 Å². The van der Waals surface area contributed by atoms with Gasteiger partial charge in [0, 0.05) is 31.5 Å². The zero-order valence-electron chi connectivity index (χ0n) is 19.0. The summed E-state index contributed by atoms with van der Waals surface area (Å²) in [6, 6.07) is 13.1. The Morgan fingerprint density at radius 2 is 2.06 bits per heavy atom. The number of ether oxygens (including phenoxy) is 1. The lowest BCUT2D eigenvalue weighted by Gasteiger charge is -2.33. The summed E-state index contributed by atoms with van der Waals surface area (Å²) in [7, 11) is 0. The van der Waals surface area contributed by atoms with Crippen molar-refractivity contribution < 1.29 is 4.74 Å². The fraction of sp³-hybridized carbons (Fsp3) is 0.500. The summed E-state index contributed by atoms with van der Waals surface area (Å²) in [4.78, 5) is 7.04. The standard InChI is InChI=1S/C26H33N5O/c1-20-15-21(22-7-6-13-30(16-22)17-23-8-2-4-12-27-23)10-11-25(20)26-19-31(29-28-26)18-24-9-3-5-14-32-24/h2,4,8,10-12,15,19,22,24H,3,5-7,9,13-14,16-18H2,1H3. The third-order valence-corrected chi connectivity index (χ3v) is 6.82. The van der Waals surface area contributed by atoms with Gasteiger partial charge in [0.1, 0.15) is 5.69 Å². The topological polar surface area (TPSA) is 56.1 Å². The van der Waals surface area contributed by atoms with Crippen molar-refractivity contribution in [3.05, 3.63) is 65.6 Å². The van der Waals surface area contributed by atoms with Gasteiger partial charge in [-0.15, -0.1) is 5.10 Å². The van der Waals surface area contributed by atoms with E-state index in [2.05, 4.69) is 63.6 Å². The molecule has 2 aliphatic rings. The first-order valence-electron chi connectivity index (χ1n) is 12.0. The van der Waals surface area contributed by atoms with Crippen LogP contribution in [0.1, 0.15) is 54.8 Å². The molecule has 2 aliphatic heterocycles. The predicted octanol–water partition coefficient (Wildman–Crippen LogP) is 4.60. The largest absolute Gasteiger partial charge is 0.376 e. The van der Waals surface area contributed by atoms with Gasteiger partial charge < -0.3 is 4.74 Å². The number of benzene rings is 1. The van der Waals surface area contributed by atoms with Gasteiger partial charge >= 0.3 is 0 Å². The molecule has 0 saturated carbocycles. The molecule has 0 bridgehead atoms. The molecule has 32 heavy (non-hydrogen) atoms. The Labute approximate surface area is 190 Å². The fourth-order valence-electron chi connectivity index (χ4n) is 5.09. The molecule has 2 atom stereocenters. The first-order valence-corrected chi connectivity index (χ1v) is 12.0. The van der Waals surface area contributed by atoms with Gasteiger partial charge in [-0.3, -0.25) is 9.88 Å². The van der Waals surface area contributed by atoms with Crippen molar-refractivity contribution in [2.45, 2.75) is 64.1 Å². The minimum atomic E-state index is 0.266. The van der Waals surface area contributed by atoms with E-state index in [1.165, 1.54) is 42.4 Å². The van der Waals surface area contributed by atoms with Gasteiger partial charge in [-0.1, -0.05) is 29.5 Å². The molecular formula is C26H33N5O. The van der Waals surface area contributed by atoms with Crippen LogP contribution in [0.4, 0.5) is 0 Å². The van der Waals surface area contributed by atoms with Crippen LogP contribution in [0.15, 0.2) is 48.8 Å². The minimum absolute atomic E-state index is 0.266. The van der Waals surface area contributed by atoms with Crippen LogP contribution in [-0.2, 0) is 17.8 Å². The van der Waals surface area contributed by atoms with E-state index < -0.39 is 0 Å². The SMILES string of the molecule is Cc1cc(C2CCCN(Cc3ccccn3)C2)ccc1-c1cn(CC2CCCCO2)nn1. The zero-order valence-corrected chi connectivity index (χ0v) is 19.0. The third kappa shape index (κ3) is 5.08. The highest BCUT2D eigenvalue weighted by molar-refractivity contribution is 5.63. The van der Waals surface area contributed by atoms with Gasteiger partial charge in [0.15, 0.2) is 0 Å². The van der Waals surface area contributed by atoms with Gasteiger partial charge in [-0.2, -0.15) is 0 Å². The predicted molar refractivity (Wildman–Crippen MR) is 125 cm³/mol. The van der Waals surface area contributed by atoms with Gasteiger partial charge in [0.05, 0.1) is 24.5 Å². The van der Waals surface area contributed by atoms with Crippen molar-refractivity contribution in [1.82, 2.24) is 24.9 Å². The smallest absolute Gasteiger partial charge is 0.113 e. The Balaban J connectivity index is 1.25. The maximum atomic E-state index is 5.85. The molecule has 5 rings (SSSR count). The molecule has 0 amide bonds. The van der Waals surface area contributed by atoms with Crippen LogP contribution in [-0.4, -0.2) is 50.7 Å². The lowest BCUT2D eigenvalue weighted by atomic mass is 9.88. The highest BCUT2D eigenvalue weighted by atomic mass is 16.5. The fourth-order valence-corrected chi connectivity index (χ4v) is 5.09. The molecule has 3 aromatic rings. The zero-order chi connectivity index (χ0) is 21.8. The van der Waals surface area contributed by atoms with Gasteiger partial charge in [0.2, 0.25) is 0 Å². The van der Waals surface area contributed by atoms with Crippen LogP contribution >= 0.6 is 0 Å². The average Bonchev–Trinajstić information content (AvgIpc) is 3.28. The number of piperidine rings is 1. The first kappa shape index (κ1) is 21.3. The van der Waals surface area contributed by atoms with Crippen LogP contribution in [0.3, 0.4) is 0 Å². The molecule has 2 unspecified atom stereocenters. The molecule has 0 aliphatic carbocycles. The number of rotatable bonds is 6. The lowest BCUT2D eigenvalue weighted by Crippen LogP contribution is -2.34. The highest BCUT2D eigenvalue weighted by Crippen LogP contribution is 2.31. The number of hydrogen-bond donors (Lipinski definition) is 0. The summed E-state index contributed by atoms with van der Waals surface area (Å²) in [5.74, 6) is 0.569. The molecule has 2 fully saturated rings. The molecule has 1 aromatic carbocycles. The molecule has 6 heteroatoms. The van der Waals surface area contributed by atoms with E-state index in [1.807, 2.05) is 16.9 Å². The molecule has 0 radical (unpaired) electrons.